The number of ether oxygens (including phenoxy) is 1. The second-order valence-electron chi connectivity index (χ2n) is 2.73. The molecule has 3 heteroatoms. The van der Waals surface area contributed by atoms with Crippen molar-refractivity contribution >= 4 is 0 Å². The molecule has 0 radical (unpaired) electrons. The van der Waals surface area contributed by atoms with Crippen LogP contribution in [0.3, 0.4) is 0 Å². The number of hydrogen-bond donors (Lipinski definition) is 1. The average molecular weight is 174 g/mol. The Morgan fingerprint density at radius 3 is 2.50 bits per heavy atom. The molecule has 0 aromatic carbocycles. The van der Waals surface area contributed by atoms with Gasteiger partial charge in [0, 0.05) is 26.2 Å². The largest absolute Gasteiger partial charge is 0.380 e. The lowest BCUT2D eigenvalue weighted by molar-refractivity contribution is 0.116. The van der Waals surface area contributed by atoms with Crippen molar-refractivity contribution in [1.29, 1.82) is 0 Å². The van der Waals surface area contributed by atoms with Gasteiger partial charge >= 0.3 is 0 Å². The van der Waals surface area contributed by atoms with Crippen LogP contribution in [0.2, 0.25) is 0 Å². The molecule has 3 nitrogen and oxygen atoms in total. The Hall–Kier alpha value is -0.120. The highest BCUT2D eigenvalue weighted by Crippen LogP contribution is 1.86. The molecule has 0 aliphatic rings. The highest BCUT2D eigenvalue weighted by molar-refractivity contribution is 4.55. The molecule has 0 spiro atoms. The first-order valence-electron chi connectivity index (χ1n) is 4.79. The Kier molecular flexibility index (Phi) is 8.88. The van der Waals surface area contributed by atoms with E-state index in [4.69, 9.17) is 4.74 Å². The fourth-order valence-electron chi connectivity index (χ4n) is 1.04. The Balaban J connectivity index is 3.26. The highest BCUT2D eigenvalue weighted by atomic mass is 16.5. The van der Waals surface area contributed by atoms with E-state index in [-0.39, 0.29) is 0 Å². The van der Waals surface area contributed by atoms with Crippen LogP contribution < -0.4 is 5.32 Å². The lowest BCUT2D eigenvalue weighted by Crippen LogP contribution is -2.33. The van der Waals surface area contributed by atoms with E-state index < -0.39 is 0 Å². The quantitative estimate of drug-likeness (QED) is 0.544. The maximum Gasteiger partial charge on any atom is 0.0593 e. The molecule has 0 amide bonds. The zero-order chi connectivity index (χ0) is 9.23. The van der Waals surface area contributed by atoms with Gasteiger partial charge in [-0.1, -0.05) is 6.92 Å². The predicted molar refractivity (Wildman–Crippen MR) is 52.5 cm³/mol. The fraction of sp³-hybridized carbons (Fsp3) is 1.00. The van der Waals surface area contributed by atoms with Crippen LogP contribution in [-0.4, -0.2) is 51.3 Å². The van der Waals surface area contributed by atoms with Gasteiger partial charge in [0.05, 0.1) is 6.61 Å². The molecule has 0 aliphatic carbocycles. The summed E-state index contributed by atoms with van der Waals surface area (Å²) in [5, 5.41) is 3.14. The number of nitrogens with zero attached hydrogens (tertiary/aromatic N) is 1. The first-order valence-corrected chi connectivity index (χ1v) is 4.79. The SMILES string of the molecule is CCOCCN(CC)CCNC. The lowest BCUT2D eigenvalue weighted by Gasteiger charge is -2.19. The molecular weight excluding hydrogens is 152 g/mol. The first-order chi connectivity index (χ1) is 5.85. The molecule has 0 heterocycles. The number of rotatable bonds is 8. The monoisotopic (exact) mass is 174 g/mol. The van der Waals surface area contributed by atoms with Crippen molar-refractivity contribution in [1.82, 2.24) is 10.2 Å². The Morgan fingerprint density at radius 2 is 2.00 bits per heavy atom. The topological polar surface area (TPSA) is 24.5 Å². The van der Waals surface area contributed by atoms with Gasteiger partial charge in [-0.05, 0) is 20.5 Å². The zero-order valence-electron chi connectivity index (χ0n) is 8.60. The van der Waals surface area contributed by atoms with Gasteiger partial charge in [0.25, 0.3) is 0 Å². The maximum absolute atomic E-state index is 5.28. The molecule has 1 N–H and O–H groups in total. The summed E-state index contributed by atoms with van der Waals surface area (Å²) in [6.45, 7) is 10.2. The average Bonchev–Trinajstić information content (AvgIpc) is 2.11. The number of hydrogen-bond acceptors (Lipinski definition) is 3. The minimum atomic E-state index is 0.823. The van der Waals surface area contributed by atoms with Gasteiger partial charge in [0.2, 0.25) is 0 Å². The summed E-state index contributed by atoms with van der Waals surface area (Å²) >= 11 is 0. The molecule has 0 bridgehead atoms. The summed E-state index contributed by atoms with van der Waals surface area (Å²) in [5.41, 5.74) is 0. The molecule has 0 aromatic rings. The summed E-state index contributed by atoms with van der Waals surface area (Å²) in [6.07, 6.45) is 0. The molecule has 0 atom stereocenters. The Labute approximate surface area is 76.1 Å². The van der Waals surface area contributed by atoms with Crippen LogP contribution in [0.25, 0.3) is 0 Å². The summed E-state index contributed by atoms with van der Waals surface area (Å²) < 4.78 is 5.28. The molecular formula is C9H22N2O. The molecule has 0 saturated carbocycles. The third-order valence-electron chi connectivity index (χ3n) is 1.88. The van der Waals surface area contributed by atoms with E-state index in [0.29, 0.717) is 0 Å². The smallest absolute Gasteiger partial charge is 0.0593 e. The van der Waals surface area contributed by atoms with E-state index in [1.54, 1.807) is 0 Å². The molecule has 74 valence electrons. The van der Waals surface area contributed by atoms with Crippen molar-refractivity contribution in [3.8, 4) is 0 Å². The summed E-state index contributed by atoms with van der Waals surface area (Å²) in [7, 11) is 1.98. The normalized spacial score (nSPS) is 11.0. The summed E-state index contributed by atoms with van der Waals surface area (Å²) in [5.74, 6) is 0. The van der Waals surface area contributed by atoms with Crippen molar-refractivity contribution in [2.75, 3.05) is 46.4 Å². The van der Waals surface area contributed by atoms with Crippen LogP contribution in [0.1, 0.15) is 13.8 Å². The second kappa shape index (κ2) is 8.97. The fourth-order valence-corrected chi connectivity index (χ4v) is 1.04. The molecule has 0 aliphatic heterocycles. The predicted octanol–water partition coefficient (Wildman–Crippen LogP) is 0.564. The van der Waals surface area contributed by atoms with E-state index in [1.165, 1.54) is 0 Å². The highest BCUT2D eigenvalue weighted by Gasteiger charge is 1.99. The van der Waals surface area contributed by atoms with Gasteiger partial charge < -0.3 is 15.0 Å². The van der Waals surface area contributed by atoms with Crippen LogP contribution in [0, 0.1) is 0 Å². The second-order valence-corrected chi connectivity index (χ2v) is 2.73. The van der Waals surface area contributed by atoms with Crippen LogP contribution >= 0.6 is 0 Å². The molecule has 12 heavy (non-hydrogen) atoms. The molecule has 0 saturated heterocycles. The van der Waals surface area contributed by atoms with Gasteiger partial charge in [-0.15, -0.1) is 0 Å². The molecule has 0 rings (SSSR count). The van der Waals surface area contributed by atoms with Crippen LogP contribution in [-0.2, 0) is 4.74 Å². The van der Waals surface area contributed by atoms with E-state index in [1.807, 2.05) is 14.0 Å². The van der Waals surface area contributed by atoms with Crippen LogP contribution in [0.5, 0.6) is 0 Å². The van der Waals surface area contributed by atoms with Gasteiger partial charge in [-0.25, -0.2) is 0 Å². The molecule has 0 fully saturated rings. The lowest BCUT2D eigenvalue weighted by atomic mass is 10.4. The summed E-state index contributed by atoms with van der Waals surface area (Å²) in [4.78, 5) is 2.38. The van der Waals surface area contributed by atoms with Gasteiger partial charge in [-0.3, -0.25) is 0 Å². The molecule has 0 unspecified atom stereocenters. The van der Waals surface area contributed by atoms with Crippen molar-refractivity contribution in [2.24, 2.45) is 0 Å². The van der Waals surface area contributed by atoms with E-state index in [2.05, 4.69) is 17.1 Å². The number of likely N-dealkylation sites (N-methyl/N-ethyl adjacent to an activating group) is 2. The van der Waals surface area contributed by atoms with Crippen molar-refractivity contribution < 1.29 is 4.74 Å². The van der Waals surface area contributed by atoms with Gasteiger partial charge in [0.1, 0.15) is 0 Å². The van der Waals surface area contributed by atoms with E-state index in [9.17, 15) is 0 Å². The zero-order valence-corrected chi connectivity index (χ0v) is 8.60. The third kappa shape index (κ3) is 6.58. The van der Waals surface area contributed by atoms with E-state index in [0.717, 1.165) is 39.4 Å². The third-order valence-corrected chi connectivity index (χ3v) is 1.88. The molecule has 0 aromatic heterocycles. The Bertz CT molecular complexity index is 88.6. The maximum atomic E-state index is 5.28. The summed E-state index contributed by atoms with van der Waals surface area (Å²) in [6, 6.07) is 0. The van der Waals surface area contributed by atoms with Gasteiger partial charge in [-0.2, -0.15) is 0 Å². The van der Waals surface area contributed by atoms with Gasteiger partial charge in [0.15, 0.2) is 0 Å². The number of nitrogens with one attached hydrogen (secondary N) is 1. The minimum absolute atomic E-state index is 0.823. The van der Waals surface area contributed by atoms with Crippen molar-refractivity contribution in [3.63, 3.8) is 0 Å². The van der Waals surface area contributed by atoms with E-state index >= 15 is 0 Å². The first kappa shape index (κ1) is 11.9. The minimum Gasteiger partial charge on any atom is -0.380 e. The Morgan fingerprint density at radius 1 is 1.25 bits per heavy atom. The van der Waals surface area contributed by atoms with Crippen LogP contribution in [0.15, 0.2) is 0 Å². The van der Waals surface area contributed by atoms with Crippen molar-refractivity contribution in [3.05, 3.63) is 0 Å². The van der Waals surface area contributed by atoms with Crippen LogP contribution in [0.4, 0.5) is 0 Å². The standard InChI is InChI=1S/C9H22N2O/c1-4-11(7-6-10-3)8-9-12-5-2/h10H,4-9H2,1-3H3. The van der Waals surface area contributed by atoms with Crippen molar-refractivity contribution in [2.45, 2.75) is 13.8 Å².